The fraction of sp³-hybridized carbons (Fsp3) is 0.214. The van der Waals surface area contributed by atoms with E-state index in [1.165, 1.54) is 6.07 Å². The van der Waals surface area contributed by atoms with Gasteiger partial charge in [-0.2, -0.15) is 0 Å². The highest BCUT2D eigenvalue weighted by molar-refractivity contribution is 5.69. The van der Waals surface area contributed by atoms with Crippen molar-refractivity contribution in [3.63, 3.8) is 0 Å². The van der Waals surface area contributed by atoms with Crippen LogP contribution in [0.3, 0.4) is 0 Å². The first kappa shape index (κ1) is 13.0. The van der Waals surface area contributed by atoms with Crippen molar-refractivity contribution >= 4 is 5.97 Å². The standard InChI is InChI=1S/C14H14N2O3/c1-9-2-4-10(5-3-9)6-12-15-11(8-14(18)19)7-13(17)16-12/h2-5,7H,6,8H2,1H3,(H,18,19)(H,15,16,17). The summed E-state index contributed by atoms with van der Waals surface area (Å²) in [5.74, 6) is -0.521. The Labute approximate surface area is 110 Å². The van der Waals surface area contributed by atoms with Crippen LogP contribution in [-0.4, -0.2) is 21.0 Å². The molecule has 1 aromatic heterocycles. The minimum atomic E-state index is -1.00. The predicted molar refractivity (Wildman–Crippen MR) is 70.2 cm³/mol. The number of rotatable bonds is 4. The van der Waals surface area contributed by atoms with Crippen LogP contribution in [0.5, 0.6) is 0 Å². The average molecular weight is 258 g/mol. The van der Waals surface area contributed by atoms with Gasteiger partial charge >= 0.3 is 5.97 Å². The van der Waals surface area contributed by atoms with Crippen molar-refractivity contribution in [1.29, 1.82) is 0 Å². The van der Waals surface area contributed by atoms with Crippen molar-refractivity contribution < 1.29 is 9.90 Å². The van der Waals surface area contributed by atoms with Crippen LogP contribution in [0, 0.1) is 6.92 Å². The molecule has 0 saturated heterocycles. The van der Waals surface area contributed by atoms with Gasteiger partial charge in [0.05, 0.1) is 12.1 Å². The van der Waals surface area contributed by atoms with E-state index in [1.807, 2.05) is 31.2 Å². The summed E-state index contributed by atoms with van der Waals surface area (Å²) in [6.07, 6.45) is 0.230. The van der Waals surface area contributed by atoms with Crippen molar-refractivity contribution in [2.75, 3.05) is 0 Å². The number of aromatic amines is 1. The zero-order valence-corrected chi connectivity index (χ0v) is 10.5. The van der Waals surface area contributed by atoms with Gasteiger partial charge in [-0.1, -0.05) is 29.8 Å². The minimum Gasteiger partial charge on any atom is -0.481 e. The Balaban J connectivity index is 2.24. The topological polar surface area (TPSA) is 83.0 Å². The van der Waals surface area contributed by atoms with Crippen LogP contribution in [0.2, 0.25) is 0 Å². The molecule has 1 aromatic carbocycles. The molecule has 1 heterocycles. The van der Waals surface area contributed by atoms with Crippen molar-refractivity contribution in [2.45, 2.75) is 19.8 Å². The monoisotopic (exact) mass is 258 g/mol. The number of carbonyl (C=O) groups is 1. The largest absolute Gasteiger partial charge is 0.481 e. The molecule has 0 unspecified atom stereocenters. The molecule has 19 heavy (non-hydrogen) atoms. The fourth-order valence-electron chi connectivity index (χ4n) is 1.79. The molecule has 0 aliphatic rings. The number of hydrogen-bond acceptors (Lipinski definition) is 3. The molecule has 0 amide bonds. The first-order valence-corrected chi connectivity index (χ1v) is 5.89. The summed E-state index contributed by atoms with van der Waals surface area (Å²) in [7, 11) is 0. The maximum atomic E-state index is 11.4. The molecular weight excluding hydrogens is 244 g/mol. The SMILES string of the molecule is Cc1ccc(Cc2nc(CC(=O)O)cc(=O)[nH]2)cc1. The Morgan fingerprint density at radius 3 is 2.63 bits per heavy atom. The number of aryl methyl sites for hydroxylation is 1. The lowest BCUT2D eigenvalue weighted by atomic mass is 10.1. The number of nitrogens with one attached hydrogen (secondary N) is 1. The van der Waals surface area contributed by atoms with Crippen LogP contribution in [0.4, 0.5) is 0 Å². The van der Waals surface area contributed by atoms with E-state index in [0.29, 0.717) is 12.2 Å². The van der Waals surface area contributed by atoms with Crippen molar-refractivity contribution in [3.8, 4) is 0 Å². The van der Waals surface area contributed by atoms with Gasteiger partial charge in [-0.3, -0.25) is 9.59 Å². The predicted octanol–water partition coefficient (Wildman–Crippen LogP) is 1.30. The van der Waals surface area contributed by atoms with Gasteiger partial charge in [0.15, 0.2) is 0 Å². The second-order valence-electron chi connectivity index (χ2n) is 4.42. The third kappa shape index (κ3) is 3.77. The smallest absolute Gasteiger partial charge is 0.309 e. The van der Waals surface area contributed by atoms with Crippen molar-refractivity contribution in [2.24, 2.45) is 0 Å². The highest BCUT2D eigenvalue weighted by Crippen LogP contribution is 2.07. The molecule has 0 bridgehead atoms. The normalized spacial score (nSPS) is 10.4. The van der Waals surface area contributed by atoms with E-state index in [2.05, 4.69) is 9.97 Å². The Morgan fingerprint density at radius 2 is 2.00 bits per heavy atom. The molecule has 0 aliphatic carbocycles. The van der Waals surface area contributed by atoms with Crippen LogP contribution in [0.15, 0.2) is 35.1 Å². The van der Waals surface area contributed by atoms with Gasteiger partial charge in [-0.25, -0.2) is 4.98 Å². The fourth-order valence-corrected chi connectivity index (χ4v) is 1.79. The van der Waals surface area contributed by atoms with Crippen LogP contribution in [-0.2, 0) is 17.6 Å². The van der Waals surface area contributed by atoms with E-state index >= 15 is 0 Å². The van der Waals surface area contributed by atoms with Gasteiger partial charge < -0.3 is 10.1 Å². The van der Waals surface area contributed by atoms with E-state index in [9.17, 15) is 9.59 Å². The zero-order valence-electron chi connectivity index (χ0n) is 10.5. The highest BCUT2D eigenvalue weighted by Gasteiger charge is 2.06. The number of H-pyrrole nitrogens is 1. The number of carboxylic acids is 1. The van der Waals surface area contributed by atoms with E-state index < -0.39 is 5.97 Å². The van der Waals surface area contributed by atoms with Gasteiger partial charge in [0.1, 0.15) is 5.82 Å². The summed E-state index contributed by atoms with van der Waals surface area (Å²) < 4.78 is 0. The molecule has 0 fully saturated rings. The molecule has 2 aromatic rings. The Hall–Kier alpha value is -2.43. The quantitative estimate of drug-likeness (QED) is 0.865. The zero-order chi connectivity index (χ0) is 13.8. The van der Waals surface area contributed by atoms with E-state index in [4.69, 9.17) is 5.11 Å². The minimum absolute atomic E-state index is 0.245. The molecule has 0 radical (unpaired) electrons. The Kier molecular flexibility index (Phi) is 3.75. The van der Waals surface area contributed by atoms with Crippen molar-refractivity contribution in [3.05, 3.63) is 63.3 Å². The number of carboxylic acid groups (broad SMARTS) is 1. The number of aromatic nitrogens is 2. The number of aliphatic carboxylic acids is 1. The second kappa shape index (κ2) is 5.48. The summed E-state index contributed by atoms with van der Waals surface area (Å²) >= 11 is 0. The lowest BCUT2D eigenvalue weighted by Gasteiger charge is -2.04. The average Bonchev–Trinajstić information content (AvgIpc) is 2.30. The van der Waals surface area contributed by atoms with Crippen LogP contribution in [0.25, 0.3) is 0 Å². The van der Waals surface area contributed by atoms with Crippen LogP contribution < -0.4 is 5.56 Å². The molecule has 2 N–H and O–H groups in total. The third-order valence-corrected chi connectivity index (χ3v) is 2.67. The summed E-state index contributed by atoms with van der Waals surface area (Å²) in [5, 5.41) is 8.72. The lowest BCUT2D eigenvalue weighted by Crippen LogP contribution is -2.15. The molecule has 0 spiro atoms. The van der Waals surface area contributed by atoms with Crippen LogP contribution in [0.1, 0.15) is 22.6 Å². The van der Waals surface area contributed by atoms with E-state index in [1.54, 1.807) is 0 Å². The number of nitrogens with zero attached hydrogens (tertiary/aromatic N) is 1. The third-order valence-electron chi connectivity index (χ3n) is 2.67. The van der Waals surface area contributed by atoms with Gasteiger partial charge in [-0.15, -0.1) is 0 Å². The first-order valence-electron chi connectivity index (χ1n) is 5.89. The highest BCUT2D eigenvalue weighted by atomic mass is 16.4. The van der Waals surface area contributed by atoms with Gasteiger partial charge in [0.2, 0.25) is 0 Å². The molecular formula is C14H14N2O3. The molecule has 0 saturated carbocycles. The van der Waals surface area contributed by atoms with E-state index in [-0.39, 0.29) is 17.7 Å². The number of benzene rings is 1. The van der Waals surface area contributed by atoms with Gasteiger partial charge in [-0.05, 0) is 12.5 Å². The molecule has 2 rings (SSSR count). The maximum absolute atomic E-state index is 11.4. The molecule has 98 valence electrons. The molecule has 5 nitrogen and oxygen atoms in total. The Morgan fingerprint density at radius 1 is 1.32 bits per heavy atom. The second-order valence-corrected chi connectivity index (χ2v) is 4.42. The first-order chi connectivity index (χ1) is 9.02. The molecule has 5 heteroatoms. The Bertz CT molecular complexity index is 644. The summed E-state index contributed by atoms with van der Waals surface area (Å²) in [4.78, 5) is 28.9. The summed E-state index contributed by atoms with van der Waals surface area (Å²) in [6.45, 7) is 2.00. The molecule has 0 atom stereocenters. The number of hydrogen-bond donors (Lipinski definition) is 2. The maximum Gasteiger partial charge on any atom is 0.309 e. The lowest BCUT2D eigenvalue weighted by molar-refractivity contribution is -0.136. The van der Waals surface area contributed by atoms with Crippen LogP contribution >= 0.6 is 0 Å². The van der Waals surface area contributed by atoms with Crippen molar-refractivity contribution in [1.82, 2.24) is 9.97 Å². The molecule has 0 aliphatic heterocycles. The summed E-state index contributed by atoms with van der Waals surface area (Å²) in [5.41, 5.74) is 2.12. The summed E-state index contributed by atoms with van der Waals surface area (Å²) in [6, 6.07) is 9.09. The van der Waals surface area contributed by atoms with Gasteiger partial charge in [0, 0.05) is 12.5 Å². The van der Waals surface area contributed by atoms with Gasteiger partial charge in [0.25, 0.3) is 5.56 Å². The van der Waals surface area contributed by atoms with E-state index in [0.717, 1.165) is 11.1 Å².